The average Bonchev–Trinajstić information content (AvgIpc) is 2.30. The van der Waals surface area contributed by atoms with Crippen LogP contribution < -0.4 is 5.30 Å². The predicted octanol–water partition coefficient (Wildman–Crippen LogP) is 4.01. The largest absolute Gasteiger partial charge is 0.0622 e. The lowest BCUT2D eigenvalue weighted by Crippen LogP contribution is -1.96. The maximum atomic E-state index is 2.43. The summed E-state index contributed by atoms with van der Waals surface area (Å²) in [6.07, 6.45) is 0.824. The van der Waals surface area contributed by atoms with Crippen molar-refractivity contribution in [3.8, 4) is 11.1 Å². The summed E-state index contributed by atoms with van der Waals surface area (Å²) in [5.74, 6) is 0. The highest BCUT2D eigenvalue weighted by Crippen LogP contribution is 2.27. The molecule has 0 aliphatic rings. The predicted molar refractivity (Wildman–Crippen MR) is 73.8 cm³/mol. The topological polar surface area (TPSA) is 0 Å². The van der Waals surface area contributed by atoms with Crippen LogP contribution in [0.15, 0.2) is 54.6 Å². The van der Waals surface area contributed by atoms with Gasteiger partial charge in [-0.2, -0.15) is 0 Å². The molecule has 1 atom stereocenters. The minimum Gasteiger partial charge on any atom is -0.0622 e. The Hall–Kier alpha value is -0.400. The van der Waals surface area contributed by atoms with Gasteiger partial charge < -0.3 is 0 Å². The van der Waals surface area contributed by atoms with Crippen molar-refractivity contribution in [2.24, 2.45) is 0 Å². The maximum Gasteiger partial charge on any atom is -0.00913 e. The summed E-state index contributed by atoms with van der Waals surface area (Å²) in [6.45, 7) is 0. The van der Waals surface area contributed by atoms with Gasteiger partial charge in [0, 0.05) is 0 Å². The van der Waals surface area contributed by atoms with Gasteiger partial charge >= 0.3 is 0 Å². The normalized spacial score (nSPS) is 10.9. The molecule has 14 heavy (non-hydrogen) atoms. The van der Waals surface area contributed by atoms with Gasteiger partial charge in [0.05, 0.1) is 0 Å². The first-order chi connectivity index (χ1) is 6.92. The molecule has 0 fully saturated rings. The van der Waals surface area contributed by atoms with E-state index in [0.29, 0.717) is 0 Å². The lowest BCUT2D eigenvalue weighted by atomic mass is 10.1. The second kappa shape index (κ2) is 4.90. The van der Waals surface area contributed by atoms with Crippen molar-refractivity contribution in [2.45, 2.75) is 0 Å². The van der Waals surface area contributed by atoms with Crippen molar-refractivity contribution in [3.05, 3.63) is 54.6 Å². The molecule has 0 aromatic heterocycles. The van der Waals surface area contributed by atoms with Gasteiger partial charge in [-0.3, -0.25) is 0 Å². The smallest absolute Gasteiger partial charge is 0.00913 e. The van der Waals surface area contributed by atoms with Gasteiger partial charge in [0.15, 0.2) is 0 Å². The fourth-order valence-electron chi connectivity index (χ4n) is 1.43. The fourth-order valence-corrected chi connectivity index (χ4v) is 3.33. The van der Waals surface area contributed by atoms with E-state index in [1.165, 1.54) is 16.4 Å². The van der Waals surface area contributed by atoms with Crippen LogP contribution in [0.5, 0.6) is 0 Å². The SMILES string of the molecule is IPc1ccccc1-c1ccccc1. The average molecular weight is 312 g/mol. The summed E-state index contributed by atoms with van der Waals surface area (Å²) in [7, 11) is 0. The molecule has 2 aromatic rings. The van der Waals surface area contributed by atoms with E-state index in [1.54, 1.807) is 0 Å². The molecule has 0 saturated carbocycles. The highest BCUT2D eigenvalue weighted by molar-refractivity contribution is 14.2. The van der Waals surface area contributed by atoms with E-state index in [0.717, 1.165) is 6.22 Å². The highest BCUT2D eigenvalue weighted by Gasteiger charge is 2.01. The molecule has 1 unspecified atom stereocenters. The minimum absolute atomic E-state index is 0.824. The van der Waals surface area contributed by atoms with Gasteiger partial charge in [0.1, 0.15) is 0 Å². The molecule has 0 amide bonds. The van der Waals surface area contributed by atoms with E-state index < -0.39 is 0 Å². The molecule has 0 N–H and O–H groups in total. The van der Waals surface area contributed by atoms with Crippen molar-refractivity contribution < 1.29 is 0 Å². The first-order valence-electron chi connectivity index (χ1n) is 4.43. The van der Waals surface area contributed by atoms with Gasteiger partial charge in [-0.05, 0) is 22.7 Å². The molecular formula is C12H10IP. The molecule has 0 heterocycles. The molecule has 0 nitrogen and oxygen atoms in total. The summed E-state index contributed by atoms with van der Waals surface area (Å²) in [5, 5.41) is 1.43. The Morgan fingerprint density at radius 1 is 0.786 bits per heavy atom. The van der Waals surface area contributed by atoms with Crippen LogP contribution >= 0.6 is 28.3 Å². The van der Waals surface area contributed by atoms with E-state index in [9.17, 15) is 0 Å². The van der Waals surface area contributed by atoms with Crippen LogP contribution in [-0.2, 0) is 0 Å². The van der Waals surface area contributed by atoms with Gasteiger partial charge in [-0.25, -0.2) is 0 Å². The standard InChI is InChI=1S/C12H10IP/c13-14-12-9-5-4-8-11(12)10-6-2-1-3-7-10/h1-9,14H. The zero-order valence-electron chi connectivity index (χ0n) is 7.57. The summed E-state index contributed by atoms with van der Waals surface area (Å²) in [5.41, 5.74) is 2.67. The third-order valence-electron chi connectivity index (χ3n) is 2.11. The third-order valence-corrected chi connectivity index (χ3v) is 4.50. The molecule has 0 radical (unpaired) electrons. The van der Waals surface area contributed by atoms with Crippen LogP contribution in [0.4, 0.5) is 0 Å². The molecule has 2 rings (SSSR count). The van der Waals surface area contributed by atoms with E-state index in [2.05, 4.69) is 76.6 Å². The zero-order valence-corrected chi connectivity index (χ0v) is 10.7. The molecule has 0 spiro atoms. The molecule has 0 aliphatic heterocycles. The molecule has 2 aromatic carbocycles. The Morgan fingerprint density at radius 2 is 1.43 bits per heavy atom. The van der Waals surface area contributed by atoms with Crippen LogP contribution in [0.1, 0.15) is 0 Å². The van der Waals surface area contributed by atoms with Crippen LogP contribution in [-0.4, -0.2) is 0 Å². The van der Waals surface area contributed by atoms with Gasteiger partial charge in [-0.1, -0.05) is 76.6 Å². The molecule has 70 valence electrons. The Morgan fingerprint density at radius 3 is 2.14 bits per heavy atom. The molecule has 0 bridgehead atoms. The monoisotopic (exact) mass is 312 g/mol. The Bertz CT molecular complexity index is 412. The first-order valence-corrected chi connectivity index (χ1v) is 8.54. The van der Waals surface area contributed by atoms with Crippen molar-refractivity contribution >= 4 is 33.6 Å². The minimum atomic E-state index is 0.824. The molecule has 2 heteroatoms. The fraction of sp³-hybridized carbons (Fsp3) is 0. The summed E-state index contributed by atoms with van der Waals surface area (Å²) in [4.78, 5) is 0. The quantitative estimate of drug-likeness (QED) is 0.581. The van der Waals surface area contributed by atoms with Crippen LogP contribution in [0.3, 0.4) is 0 Å². The van der Waals surface area contributed by atoms with Crippen molar-refractivity contribution in [2.75, 3.05) is 0 Å². The van der Waals surface area contributed by atoms with E-state index >= 15 is 0 Å². The van der Waals surface area contributed by atoms with Crippen LogP contribution in [0, 0.1) is 0 Å². The second-order valence-electron chi connectivity index (χ2n) is 3.01. The Labute approximate surface area is 99.0 Å². The van der Waals surface area contributed by atoms with Crippen molar-refractivity contribution in [3.63, 3.8) is 0 Å². The Kier molecular flexibility index (Phi) is 3.55. The van der Waals surface area contributed by atoms with Crippen LogP contribution in [0.25, 0.3) is 11.1 Å². The molecule has 0 saturated heterocycles. The highest BCUT2D eigenvalue weighted by atomic mass is 127. The number of benzene rings is 2. The van der Waals surface area contributed by atoms with Crippen molar-refractivity contribution in [1.29, 1.82) is 0 Å². The summed E-state index contributed by atoms with van der Waals surface area (Å²) in [6, 6.07) is 19.1. The number of hydrogen-bond donors (Lipinski definition) is 0. The zero-order chi connectivity index (χ0) is 9.80. The lowest BCUT2D eigenvalue weighted by Gasteiger charge is -2.06. The van der Waals surface area contributed by atoms with E-state index in [-0.39, 0.29) is 0 Å². The first kappa shape index (κ1) is 10.1. The lowest BCUT2D eigenvalue weighted by molar-refractivity contribution is 1.65. The Balaban J connectivity index is 2.51. The van der Waals surface area contributed by atoms with E-state index in [4.69, 9.17) is 0 Å². The van der Waals surface area contributed by atoms with Crippen LogP contribution in [0.2, 0.25) is 0 Å². The number of rotatable bonds is 2. The summed E-state index contributed by atoms with van der Waals surface area (Å²) >= 11 is 2.43. The molecular weight excluding hydrogens is 302 g/mol. The number of hydrogen-bond acceptors (Lipinski definition) is 0. The summed E-state index contributed by atoms with van der Waals surface area (Å²) < 4.78 is 0. The van der Waals surface area contributed by atoms with E-state index in [1.807, 2.05) is 0 Å². The van der Waals surface area contributed by atoms with Gasteiger partial charge in [0.2, 0.25) is 0 Å². The maximum absolute atomic E-state index is 2.43. The van der Waals surface area contributed by atoms with Crippen molar-refractivity contribution in [1.82, 2.24) is 0 Å². The second-order valence-corrected chi connectivity index (χ2v) is 5.35. The third kappa shape index (κ3) is 2.15. The number of halogens is 1. The molecule has 0 aliphatic carbocycles. The van der Waals surface area contributed by atoms with Gasteiger partial charge in [0.25, 0.3) is 0 Å². The van der Waals surface area contributed by atoms with Gasteiger partial charge in [-0.15, -0.1) is 0 Å².